The van der Waals surface area contributed by atoms with Crippen LogP contribution in [0.5, 0.6) is 5.75 Å². The summed E-state index contributed by atoms with van der Waals surface area (Å²) in [6.45, 7) is 7.38. The Bertz CT molecular complexity index is 525. The smallest absolute Gasteiger partial charge is 0.410 e. The molecule has 1 aromatic carbocycles. The number of para-hydroxylation sites is 1. The van der Waals surface area contributed by atoms with Crippen LogP contribution in [0.4, 0.5) is 4.79 Å². The summed E-state index contributed by atoms with van der Waals surface area (Å²) in [7, 11) is 1.66. The van der Waals surface area contributed by atoms with Crippen molar-refractivity contribution in [2.75, 3.05) is 26.7 Å². The Hall–Kier alpha value is -1.75. The Balaban J connectivity index is 2.18. The van der Waals surface area contributed by atoms with Crippen LogP contribution in [0.3, 0.4) is 0 Å². The Labute approximate surface area is 132 Å². The maximum atomic E-state index is 12.3. The highest BCUT2D eigenvalue weighted by atomic mass is 16.6. The second-order valence-corrected chi connectivity index (χ2v) is 6.73. The zero-order valence-corrected chi connectivity index (χ0v) is 13.8. The van der Waals surface area contributed by atoms with Gasteiger partial charge in [-0.2, -0.15) is 0 Å². The summed E-state index contributed by atoms with van der Waals surface area (Å²) in [6, 6.07) is 7.92. The van der Waals surface area contributed by atoms with Crippen LogP contribution >= 0.6 is 0 Å². The minimum Gasteiger partial charge on any atom is -0.496 e. The molecule has 122 valence electrons. The fraction of sp³-hybridized carbons (Fsp3) is 0.588. The minimum atomic E-state index is -0.488. The van der Waals surface area contributed by atoms with E-state index in [-0.39, 0.29) is 17.9 Å². The molecule has 2 N–H and O–H groups in total. The van der Waals surface area contributed by atoms with Crippen LogP contribution in [0.2, 0.25) is 0 Å². The zero-order chi connectivity index (χ0) is 16.3. The molecule has 0 unspecified atom stereocenters. The maximum absolute atomic E-state index is 12.3. The molecular formula is C17H26N2O3. The summed E-state index contributed by atoms with van der Waals surface area (Å²) < 4.78 is 10.9. The van der Waals surface area contributed by atoms with Gasteiger partial charge in [-0.1, -0.05) is 18.2 Å². The second-order valence-electron chi connectivity index (χ2n) is 6.73. The summed E-state index contributed by atoms with van der Waals surface area (Å²) in [5.74, 6) is 1.23. The van der Waals surface area contributed by atoms with E-state index in [2.05, 4.69) is 0 Å². The molecule has 2 atom stereocenters. The summed E-state index contributed by atoms with van der Waals surface area (Å²) in [4.78, 5) is 14.0. The third-order valence-corrected chi connectivity index (χ3v) is 3.93. The van der Waals surface area contributed by atoms with Gasteiger partial charge in [-0.3, -0.25) is 0 Å². The van der Waals surface area contributed by atoms with Gasteiger partial charge in [0.2, 0.25) is 0 Å². The molecule has 1 aliphatic rings. The molecule has 1 fully saturated rings. The molecule has 0 aliphatic carbocycles. The van der Waals surface area contributed by atoms with E-state index in [1.807, 2.05) is 45.0 Å². The third-order valence-electron chi connectivity index (χ3n) is 3.93. The highest BCUT2D eigenvalue weighted by Crippen LogP contribution is 2.37. The van der Waals surface area contributed by atoms with E-state index >= 15 is 0 Å². The number of nitrogens with zero attached hydrogens (tertiary/aromatic N) is 1. The molecule has 5 nitrogen and oxygen atoms in total. The third kappa shape index (κ3) is 3.71. The minimum absolute atomic E-state index is 0.175. The predicted molar refractivity (Wildman–Crippen MR) is 86.1 cm³/mol. The first-order valence-electron chi connectivity index (χ1n) is 7.66. The number of carbonyl (C=O) groups is 1. The fourth-order valence-electron chi connectivity index (χ4n) is 2.91. The molecule has 1 saturated heterocycles. The van der Waals surface area contributed by atoms with Crippen LogP contribution in [-0.2, 0) is 4.74 Å². The van der Waals surface area contributed by atoms with E-state index in [1.54, 1.807) is 12.0 Å². The monoisotopic (exact) mass is 306 g/mol. The lowest BCUT2D eigenvalue weighted by molar-refractivity contribution is 0.0287. The number of rotatable bonds is 3. The van der Waals surface area contributed by atoms with Gasteiger partial charge in [-0.25, -0.2) is 4.79 Å². The first-order chi connectivity index (χ1) is 10.4. The van der Waals surface area contributed by atoms with Gasteiger partial charge in [0.05, 0.1) is 7.11 Å². The Morgan fingerprint density at radius 3 is 2.59 bits per heavy atom. The van der Waals surface area contributed by atoms with Crippen molar-refractivity contribution in [3.63, 3.8) is 0 Å². The van der Waals surface area contributed by atoms with Crippen molar-refractivity contribution >= 4 is 6.09 Å². The number of ether oxygens (including phenoxy) is 2. The summed E-state index contributed by atoms with van der Waals surface area (Å²) in [5, 5.41) is 0. The average Bonchev–Trinajstić information content (AvgIpc) is 2.89. The molecule has 0 aromatic heterocycles. The molecule has 0 radical (unpaired) electrons. The van der Waals surface area contributed by atoms with E-state index in [1.165, 1.54) is 0 Å². The van der Waals surface area contributed by atoms with E-state index < -0.39 is 5.60 Å². The van der Waals surface area contributed by atoms with Gasteiger partial charge >= 0.3 is 6.09 Å². The van der Waals surface area contributed by atoms with Crippen molar-refractivity contribution in [2.24, 2.45) is 11.7 Å². The van der Waals surface area contributed by atoms with Crippen molar-refractivity contribution < 1.29 is 14.3 Å². The summed E-state index contributed by atoms with van der Waals surface area (Å²) in [6.07, 6.45) is -0.275. The zero-order valence-electron chi connectivity index (χ0n) is 13.8. The number of benzene rings is 1. The highest BCUT2D eigenvalue weighted by molar-refractivity contribution is 5.69. The molecule has 1 aromatic rings. The van der Waals surface area contributed by atoms with Crippen LogP contribution in [-0.4, -0.2) is 43.3 Å². The second kappa shape index (κ2) is 6.57. The number of amides is 1. The van der Waals surface area contributed by atoms with Gasteiger partial charge in [-0.15, -0.1) is 0 Å². The maximum Gasteiger partial charge on any atom is 0.410 e. The first kappa shape index (κ1) is 16.6. The van der Waals surface area contributed by atoms with Gasteiger partial charge in [-0.05, 0) is 44.9 Å². The molecule has 5 heteroatoms. The number of methoxy groups -OCH3 is 1. The van der Waals surface area contributed by atoms with Crippen molar-refractivity contribution in [3.05, 3.63) is 29.8 Å². The lowest BCUT2D eigenvalue weighted by Crippen LogP contribution is -2.35. The van der Waals surface area contributed by atoms with Crippen molar-refractivity contribution in [1.82, 2.24) is 4.90 Å². The molecule has 1 heterocycles. The Morgan fingerprint density at radius 2 is 2.00 bits per heavy atom. The standard InChI is InChI=1S/C17H26N2O3/c1-17(2,3)22-16(20)19-10-12(9-18)14(11-19)13-7-5-6-8-15(13)21-4/h5-8,12,14H,9-11,18H2,1-4H3/t12-,14-/m1/s1. The number of nitrogens with two attached hydrogens (primary N) is 1. The molecule has 0 saturated carbocycles. The van der Waals surface area contributed by atoms with Gasteiger partial charge < -0.3 is 20.1 Å². The van der Waals surface area contributed by atoms with Crippen LogP contribution in [0.15, 0.2) is 24.3 Å². The van der Waals surface area contributed by atoms with Crippen molar-refractivity contribution in [2.45, 2.75) is 32.3 Å². The normalized spacial score (nSPS) is 21.8. The molecular weight excluding hydrogens is 280 g/mol. The largest absolute Gasteiger partial charge is 0.496 e. The van der Waals surface area contributed by atoms with Crippen LogP contribution in [0, 0.1) is 5.92 Å². The predicted octanol–water partition coefficient (Wildman–Crippen LogP) is 2.60. The van der Waals surface area contributed by atoms with Gasteiger partial charge in [0.15, 0.2) is 0 Å². The summed E-state index contributed by atoms with van der Waals surface area (Å²) in [5.41, 5.74) is 6.54. The lowest BCUT2D eigenvalue weighted by atomic mass is 9.88. The lowest BCUT2D eigenvalue weighted by Gasteiger charge is -2.24. The Morgan fingerprint density at radius 1 is 1.32 bits per heavy atom. The molecule has 2 rings (SSSR count). The van der Waals surface area contributed by atoms with Crippen molar-refractivity contribution in [1.29, 1.82) is 0 Å². The van der Waals surface area contributed by atoms with E-state index in [9.17, 15) is 4.79 Å². The fourth-order valence-corrected chi connectivity index (χ4v) is 2.91. The van der Waals surface area contributed by atoms with E-state index in [4.69, 9.17) is 15.2 Å². The molecule has 0 spiro atoms. The first-order valence-corrected chi connectivity index (χ1v) is 7.66. The molecule has 22 heavy (non-hydrogen) atoms. The average molecular weight is 306 g/mol. The van der Waals surface area contributed by atoms with E-state index in [0.29, 0.717) is 19.6 Å². The van der Waals surface area contributed by atoms with Crippen molar-refractivity contribution in [3.8, 4) is 5.75 Å². The summed E-state index contributed by atoms with van der Waals surface area (Å²) >= 11 is 0. The van der Waals surface area contributed by atoms with Gasteiger partial charge in [0.25, 0.3) is 0 Å². The number of hydrogen-bond donors (Lipinski definition) is 1. The van der Waals surface area contributed by atoms with Gasteiger partial charge in [0, 0.05) is 19.0 Å². The van der Waals surface area contributed by atoms with Crippen LogP contribution in [0.25, 0.3) is 0 Å². The number of likely N-dealkylation sites (tertiary alicyclic amines) is 1. The number of carbonyl (C=O) groups excluding carboxylic acids is 1. The van der Waals surface area contributed by atoms with Crippen LogP contribution < -0.4 is 10.5 Å². The van der Waals surface area contributed by atoms with E-state index in [0.717, 1.165) is 11.3 Å². The highest BCUT2D eigenvalue weighted by Gasteiger charge is 2.38. The van der Waals surface area contributed by atoms with Crippen LogP contribution in [0.1, 0.15) is 32.3 Å². The molecule has 1 aliphatic heterocycles. The quantitative estimate of drug-likeness (QED) is 0.932. The van der Waals surface area contributed by atoms with Gasteiger partial charge in [0.1, 0.15) is 11.4 Å². The SMILES string of the molecule is COc1ccccc1[C@@H]1CN(C(=O)OC(C)(C)C)C[C@H]1CN. The number of hydrogen-bond acceptors (Lipinski definition) is 4. The molecule has 1 amide bonds. The topological polar surface area (TPSA) is 64.8 Å². The Kier molecular flexibility index (Phi) is 4.96. The molecule has 0 bridgehead atoms.